The van der Waals surface area contributed by atoms with E-state index in [0.29, 0.717) is 0 Å². The van der Waals surface area contributed by atoms with E-state index in [4.69, 9.17) is 22.6 Å². The molecule has 0 amide bonds. The number of hydrogen-bond donors (Lipinski definition) is 2. The van der Waals surface area contributed by atoms with E-state index in [0.717, 1.165) is 31.4 Å². The zero-order valence-corrected chi connectivity index (χ0v) is 10.4. The molecule has 0 spiro atoms. The zero-order chi connectivity index (χ0) is 25.4. The topological polar surface area (TPSA) is 50.7 Å². The lowest BCUT2D eigenvalue weighted by atomic mass is 10.1. The predicted molar refractivity (Wildman–Crippen MR) is 76.7 cm³/mol. The van der Waals surface area contributed by atoms with Crippen molar-refractivity contribution in [1.29, 1.82) is 0 Å². The molecule has 0 aliphatic rings. The van der Waals surface area contributed by atoms with Crippen LogP contribution in [-0.2, 0) is 11.1 Å². The molecule has 0 aliphatic heterocycles. The smallest absolute Gasteiger partial charge is 0.119 e. The second-order valence-electron chi connectivity index (χ2n) is 3.42. The predicted octanol–water partition coefficient (Wildman–Crippen LogP) is 1.61. The number of benzene rings is 1. The Labute approximate surface area is 134 Å². The van der Waals surface area contributed by atoms with Gasteiger partial charge in [-0.3, -0.25) is 0 Å². The van der Waals surface area contributed by atoms with Crippen molar-refractivity contribution in [1.82, 2.24) is 5.32 Å². The molecule has 4 nitrogen and oxygen atoms in total. The van der Waals surface area contributed by atoms with Crippen molar-refractivity contribution in [3.05, 3.63) is 29.8 Å². The van der Waals surface area contributed by atoms with Crippen molar-refractivity contribution in [3.63, 3.8) is 0 Å². The van der Waals surface area contributed by atoms with Crippen LogP contribution in [0.4, 0.5) is 0 Å². The fraction of sp³-hybridized carbons (Fsp3) is 0.600. The Kier molecular flexibility index (Phi) is 2.51. The average Bonchev–Trinajstić information content (AvgIpc) is 2.59. The van der Waals surface area contributed by atoms with Crippen molar-refractivity contribution in [2.45, 2.75) is 32.2 Å². The molecule has 1 atom stereocenters. The van der Waals surface area contributed by atoms with E-state index < -0.39 is 51.9 Å². The van der Waals surface area contributed by atoms with Gasteiger partial charge in [0.25, 0.3) is 0 Å². The summed E-state index contributed by atoms with van der Waals surface area (Å²) in [6.07, 6.45) is -5.69. The van der Waals surface area contributed by atoms with Crippen LogP contribution in [0.2, 0.25) is 0 Å². The number of aliphatic hydroxyl groups is 1. The van der Waals surface area contributed by atoms with E-state index >= 15 is 0 Å². The summed E-state index contributed by atoms with van der Waals surface area (Å²) in [5, 5.41) is 12.2. The van der Waals surface area contributed by atoms with Crippen molar-refractivity contribution < 1.29 is 32.4 Å². The highest BCUT2D eigenvalue weighted by Gasteiger charge is 2.05. The summed E-state index contributed by atoms with van der Waals surface area (Å²) in [6, 6.07) is 2.23. The van der Waals surface area contributed by atoms with Crippen molar-refractivity contribution in [2.24, 2.45) is 0 Å². The van der Waals surface area contributed by atoms with Gasteiger partial charge in [0.15, 0.2) is 0 Å². The summed E-state index contributed by atoms with van der Waals surface area (Å²) in [6.45, 7) is -13.0. The largest absolute Gasteiger partial charge is 0.491 e. The molecule has 19 heavy (non-hydrogen) atoms. The van der Waals surface area contributed by atoms with Gasteiger partial charge in [-0.1, -0.05) is 25.8 Å². The molecule has 4 heteroatoms. The first-order chi connectivity index (χ1) is 14.1. The Hall–Kier alpha value is -1.10. The minimum absolute atomic E-state index is 0.154. The zero-order valence-electron chi connectivity index (χ0n) is 23.4. The van der Waals surface area contributed by atoms with Gasteiger partial charge in [-0.15, -0.1) is 0 Å². The fourth-order valence-electron chi connectivity index (χ4n) is 1.07. The average molecular weight is 280 g/mol. The van der Waals surface area contributed by atoms with Gasteiger partial charge in [-0.2, -0.15) is 0 Å². The molecule has 0 bridgehead atoms. The number of nitrogens with one attached hydrogen (secondary N) is 1. The van der Waals surface area contributed by atoms with Crippen LogP contribution in [-0.4, -0.2) is 44.0 Å². The molecule has 0 saturated heterocycles. The van der Waals surface area contributed by atoms with Crippen LogP contribution in [0.3, 0.4) is 0 Å². The summed E-state index contributed by atoms with van der Waals surface area (Å²) in [4.78, 5) is 0. The number of aryl methyl sites for hydroxylation is 1. The van der Waals surface area contributed by atoms with Crippen LogP contribution in [0.15, 0.2) is 24.3 Å². The second kappa shape index (κ2) is 8.91. The summed E-state index contributed by atoms with van der Waals surface area (Å²) in [5.74, 6) is -0.263. The molecule has 0 radical (unpaired) electrons. The minimum Gasteiger partial charge on any atom is -0.491 e. The maximum atomic E-state index is 10.2. The summed E-state index contributed by atoms with van der Waals surface area (Å²) >= 11 is 0. The highest BCUT2D eigenvalue weighted by atomic mass is 16.5. The molecular weight excluding hydrogens is 242 g/mol. The maximum Gasteiger partial charge on any atom is 0.119 e. The molecule has 108 valence electrons. The van der Waals surface area contributed by atoms with E-state index in [1.54, 1.807) is 0 Å². The molecule has 0 saturated carbocycles. The minimum atomic E-state index is -3.16. The molecule has 1 aromatic carbocycles. The van der Waals surface area contributed by atoms with Crippen LogP contribution in [0.5, 0.6) is 5.75 Å². The Morgan fingerprint density at radius 3 is 2.79 bits per heavy atom. The third-order valence-corrected chi connectivity index (χ3v) is 1.91. The van der Waals surface area contributed by atoms with E-state index in [9.17, 15) is 5.11 Å². The van der Waals surface area contributed by atoms with Crippen LogP contribution in [0.25, 0.3) is 0 Å². The van der Waals surface area contributed by atoms with E-state index in [2.05, 4.69) is 4.74 Å². The fourth-order valence-corrected chi connectivity index (χ4v) is 1.07. The lowest BCUT2D eigenvalue weighted by molar-refractivity contribution is 0.104. The third-order valence-electron chi connectivity index (χ3n) is 1.91. The Morgan fingerprint density at radius 1 is 1.42 bits per heavy atom. The highest BCUT2D eigenvalue weighted by molar-refractivity contribution is 5.27. The second-order valence-corrected chi connectivity index (χ2v) is 3.42. The van der Waals surface area contributed by atoms with Crippen LogP contribution >= 0.6 is 0 Å². The maximum absolute atomic E-state index is 10.2. The molecule has 1 unspecified atom stereocenters. The lowest BCUT2D eigenvalue weighted by Gasteiger charge is -2.15. The number of rotatable bonds is 9. The molecule has 2 N–H and O–H groups in total. The SMILES string of the molecule is [2H]C([2H])([2H])C(NCC([2H])(O)C([2H])([2H])Oc1ccc(C([2H])([2H])C([2H])([2H])OC)cc1)C([2H])([2H])[2H]. The first kappa shape index (κ1) is 5.35. The first-order valence-corrected chi connectivity index (χ1v) is 5.39. The third kappa shape index (κ3) is 7.15. The summed E-state index contributed by atoms with van der Waals surface area (Å²) < 4.78 is 108. The van der Waals surface area contributed by atoms with Gasteiger partial charge in [0, 0.05) is 30.7 Å². The van der Waals surface area contributed by atoms with Crippen LogP contribution < -0.4 is 10.1 Å². The number of methoxy groups -OCH3 is 1. The van der Waals surface area contributed by atoms with E-state index in [-0.39, 0.29) is 11.3 Å². The molecule has 0 aromatic heterocycles. The monoisotopic (exact) mass is 280 g/mol. The van der Waals surface area contributed by atoms with Crippen molar-refractivity contribution >= 4 is 0 Å². The van der Waals surface area contributed by atoms with Gasteiger partial charge in [0.2, 0.25) is 0 Å². The quantitative estimate of drug-likeness (QED) is 0.721. The van der Waals surface area contributed by atoms with Gasteiger partial charge in [-0.05, 0) is 24.1 Å². The Morgan fingerprint density at radius 2 is 2.16 bits per heavy atom. The van der Waals surface area contributed by atoms with Gasteiger partial charge < -0.3 is 19.9 Å². The van der Waals surface area contributed by atoms with E-state index in [1.807, 2.05) is 5.32 Å². The van der Waals surface area contributed by atoms with Gasteiger partial charge in [-0.25, -0.2) is 0 Å². The normalized spacial score (nSPS) is 28.1. The van der Waals surface area contributed by atoms with Gasteiger partial charge >= 0.3 is 0 Å². The van der Waals surface area contributed by atoms with Crippen molar-refractivity contribution in [2.75, 3.05) is 26.8 Å². The molecule has 0 heterocycles. The van der Waals surface area contributed by atoms with Crippen molar-refractivity contribution in [3.8, 4) is 5.75 Å². The molecule has 1 aromatic rings. The highest BCUT2D eigenvalue weighted by Crippen LogP contribution is 2.12. The summed E-state index contributed by atoms with van der Waals surface area (Å²) in [7, 11) is 0.996. The Balaban J connectivity index is 3.02. The van der Waals surface area contributed by atoms with Gasteiger partial charge in [0.1, 0.15) is 18.4 Å². The Bertz CT molecular complexity index is 745. The molecule has 0 fully saturated rings. The van der Waals surface area contributed by atoms with E-state index in [1.165, 1.54) is 0 Å². The standard InChI is InChI=1S/C15H25NO3/c1-12(2)16-10-14(17)11-19-15-6-4-13(5-7-15)8-9-18-3/h4-7,12,14,16-17H,8-11H2,1-3H3/i1D3,2D3,8D2,9D2,11D2,14D. The molecule has 1 rings (SSSR count). The number of ether oxygens (including phenoxy) is 2. The first-order valence-electron chi connectivity index (χ1n) is 11.9. The lowest BCUT2D eigenvalue weighted by Crippen LogP contribution is -2.35. The molecule has 0 aliphatic carbocycles. The number of hydrogen-bond acceptors (Lipinski definition) is 4. The van der Waals surface area contributed by atoms with Crippen LogP contribution in [0.1, 0.15) is 37.1 Å². The van der Waals surface area contributed by atoms with Crippen LogP contribution in [0, 0.1) is 0 Å². The molecular formula is C15H25NO3. The van der Waals surface area contributed by atoms with Gasteiger partial charge in [0.05, 0.1) is 13.4 Å². The summed E-state index contributed by atoms with van der Waals surface area (Å²) in [5.41, 5.74) is -0.154.